The Bertz CT molecular complexity index is 552. The van der Waals surface area contributed by atoms with E-state index in [0.717, 1.165) is 31.5 Å². The number of carboxylic acid groups (broad SMARTS) is 1. The minimum Gasteiger partial charge on any atom is -0.480 e. The predicted octanol–water partition coefficient (Wildman–Crippen LogP) is 0.444. The minimum absolute atomic E-state index is 0.143. The Kier molecular flexibility index (Phi) is 2.38. The number of carbonyl (C=O) groups is 1. The first-order valence-corrected chi connectivity index (χ1v) is 6.00. The number of nitrogens with zero attached hydrogens (tertiary/aromatic N) is 3. The number of aliphatic carboxylic acids is 1. The standard InChI is InChI=1S/C12H13N3O3/c13-5-8-9-3-1-2-4-15(9)10(14-8)12(11(16)17)6-18-7-12/h1-4,6-7H2,(H,16,17). The van der Waals surface area contributed by atoms with Crippen molar-refractivity contribution in [3.8, 4) is 6.07 Å². The molecule has 2 aliphatic rings. The summed E-state index contributed by atoms with van der Waals surface area (Å²) in [6.45, 7) is 1.03. The molecule has 1 fully saturated rings. The normalized spacial score (nSPS) is 20.6. The summed E-state index contributed by atoms with van der Waals surface area (Å²) in [6, 6.07) is 2.07. The molecule has 0 saturated carbocycles. The van der Waals surface area contributed by atoms with Crippen molar-refractivity contribution in [2.24, 2.45) is 0 Å². The summed E-state index contributed by atoms with van der Waals surface area (Å²) in [6.07, 6.45) is 2.82. The van der Waals surface area contributed by atoms with Crippen LogP contribution in [0.1, 0.15) is 30.1 Å². The highest BCUT2D eigenvalue weighted by molar-refractivity contribution is 5.82. The third-order valence-electron chi connectivity index (χ3n) is 3.76. The highest BCUT2D eigenvalue weighted by atomic mass is 16.5. The van der Waals surface area contributed by atoms with E-state index in [1.165, 1.54) is 0 Å². The van der Waals surface area contributed by atoms with Crippen LogP contribution in [0.5, 0.6) is 0 Å². The van der Waals surface area contributed by atoms with Gasteiger partial charge in [0.2, 0.25) is 0 Å². The van der Waals surface area contributed by atoms with Crippen LogP contribution in [0.2, 0.25) is 0 Å². The lowest BCUT2D eigenvalue weighted by atomic mass is 9.85. The van der Waals surface area contributed by atoms with E-state index in [1.807, 2.05) is 4.57 Å². The van der Waals surface area contributed by atoms with Crippen LogP contribution in [0.15, 0.2) is 0 Å². The third kappa shape index (κ3) is 1.31. The molecule has 1 N–H and O–H groups in total. The Morgan fingerprint density at radius 2 is 2.28 bits per heavy atom. The molecule has 3 rings (SSSR count). The molecule has 0 radical (unpaired) electrons. The summed E-state index contributed by atoms with van der Waals surface area (Å²) in [4.78, 5) is 15.7. The van der Waals surface area contributed by atoms with Gasteiger partial charge in [-0.15, -0.1) is 0 Å². The first kappa shape index (κ1) is 11.2. The molecule has 1 saturated heterocycles. The molecule has 0 aliphatic carbocycles. The van der Waals surface area contributed by atoms with Gasteiger partial charge in [-0.2, -0.15) is 5.26 Å². The summed E-state index contributed by atoms with van der Waals surface area (Å²) in [5.41, 5.74) is 0.199. The molecule has 3 heterocycles. The van der Waals surface area contributed by atoms with Crippen molar-refractivity contribution in [3.05, 3.63) is 17.2 Å². The third-order valence-corrected chi connectivity index (χ3v) is 3.76. The molecule has 2 aliphatic heterocycles. The van der Waals surface area contributed by atoms with Crippen molar-refractivity contribution in [2.75, 3.05) is 13.2 Å². The van der Waals surface area contributed by atoms with Crippen molar-refractivity contribution in [1.29, 1.82) is 5.26 Å². The Balaban J connectivity index is 2.15. The van der Waals surface area contributed by atoms with E-state index in [0.29, 0.717) is 11.5 Å². The van der Waals surface area contributed by atoms with Gasteiger partial charge in [0.05, 0.1) is 18.9 Å². The average Bonchev–Trinajstić information content (AvgIpc) is 2.67. The quantitative estimate of drug-likeness (QED) is 0.819. The number of ether oxygens (including phenoxy) is 1. The second-order valence-electron chi connectivity index (χ2n) is 4.83. The molecule has 1 aromatic heterocycles. The molecule has 94 valence electrons. The van der Waals surface area contributed by atoms with Gasteiger partial charge in [0, 0.05) is 6.54 Å². The summed E-state index contributed by atoms with van der Waals surface area (Å²) in [5.74, 6) is -0.427. The lowest BCUT2D eigenvalue weighted by Gasteiger charge is -2.37. The molecule has 6 heteroatoms. The minimum atomic E-state index is -1.05. The van der Waals surface area contributed by atoms with Gasteiger partial charge in [-0.1, -0.05) is 0 Å². The van der Waals surface area contributed by atoms with E-state index in [2.05, 4.69) is 11.1 Å². The predicted molar refractivity (Wildman–Crippen MR) is 60.0 cm³/mol. The monoisotopic (exact) mass is 247 g/mol. The Morgan fingerprint density at radius 3 is 2.83 bits per heavy atom. The Hall–Kier alpha value is -1.87. The number of rotatable bonds is 2. The van der Waals surface area contributed by atoms with Gasteiger partial charge >= 0.3 is 5.97 Å². The van der Waals surface area contributed by atoms with Crippen LogP contribution < -0.4 is 0 Å². The first-order chi connectivity index (χ1) is 8.69. The van der Waals surface area contributed by atoms with Gasteiger partial charge in [-0.3, -0.25) is 4.79 Å². The molecule has 6 nitrogen and oxygen atoms in total. The van der Waals surface area contributed by atoms with E-state index in [-0.39, 0.29) is 13.2 Å². The van der Waals surface area contributed by atoms with E-state index in [4.69, 9.17) is 10.00 Å². The van der Waals surface area contributed by atoms with Gasteiger partial charge < -0.3 is 14.4 Å². The molecule has 0 bridgehead atoms. The van der Waals surface area contributed by atoms with Crippen molar-refractivity contribution in [1.82, 2.24) is 9.55 Å². The van der Waals surface area contributed by atoms with E-state index < -0.39 is 11.4 Å². The van der Waals surface area contributed by atoms with Crippen LogP contribution >= 0.6 is 0 Å². The Morgan fingerprint density at radius 1 is 1.50 bits per heavy atom. The highest BCUT2D eigenvalue weighted by Gasteiger charge is 2.52. The first-order valence-electron chi connectivity index (χ1n) is 6.00. The number of fused-ring (bicyclic) bond motifs is 1. The fraction of sp³-hybridized carbons (Fsp3) is 0.583. The second-order valence-corrected chi connectivity index (χ2v) is 4.83. The highest BCUT2D eigenvalue weighted by Crippen LogP contribution is 2.35. The molecule has 0 spiro atoms. The maximum Gasteiger partial charge on any atom is 0.322 e. The topological polar surface area (TPSA) is 88.1 Å². The number of hydrogen-bond donors (Lipinski definition) is 1. The van der Waals surface area contributed by atoms with Gasteiger partial charge in [-0.25, -0.2) is 4.98 Å². The molecule has 0 aromatic carbocycles. The van der Waals surface area contributed by atoms with E-state index in [9.17, 15) is 9.90 Å². The van der Waals surface area contributed by atoms with Gasteiger partial charge in [0.25, 0.3) is 0 Å². The number of imidazole rings is 1. The summed E-state index contributed by atoms with van der Waals surface area (Å²) in [7, 11) is 0. The zero-order chi connectivity index (χ0) is 12.8. The maximum absolute atomic E-state index is 11.5. The lowest BCUT2D eigenvalue weighted by Crippen LogP contribution is -2.54. The maximum atomic E-state index is 11.5. The number of nitriles is 1. The largest absolute Gasteiger partial charge is 0.480 e. The zero-order valence-corrected chi connectivity index (χ0v) is 9.85. The van der Waals surface area contributed by atoms with Crippen molar-refractivity contribution in [3.63, 3.8) is 0 Å². The van der Waals surface area contributed by atoms with E-state index in [1.54, 1.807) is 0 Å². The smallest absolute Gasteiger partial charge is 0.322 e. The van der Waals surface area contributed by atoms with Crippen LogP contribution in [0, 0.1) is 11.3 Å². The summed E-state index contributed by atoms with van der Waals surface area (Å²) < 4.78 is 6.99. The molecule has 18 heavy (non-hydrogen) atoms. The van der Waals surface area contributed by atoms with Crippen LogP contribution in [0.4, 0.5) is 0 Å². The number of carboxylic acids is 1. The van der Waals surface area contributed by atoms with Crippen molar-refractivity contribution < 1.29 is 14.6 Å². The van der Waals surface area contributed by atoms with Gasteiger partial charge in [0.15, 0.2) is 11.1 Å². The fourth-order valence-corrected chi connectivity index (χ4v) is 2.65. The van der Waals surface area contributed by atoms with Crippen LogP contribution in [0.3, 0.4) is 0 Å². The molecule has 0 atom stereocenters. The average molecular weight is 247 g/mol. The molecular weight excluding hydrogens is 234 g/mol. The summed E-state index contributed by atoms with van der Waals surface area (Å²) >= 11 is 0. The van der Waals surface area contributed by atoms with Crippen LogP contribution in [-0.2, 0) is 27.9 Å². The SMILES string of the molecule is N#Cc1nc(C2(C(=O)O)COC2)n2c1CCCC2. The molecular formula is C12H13N3O3. The van der Waals surface area contributed by atoms with Gasteiger partial charge in [-0.05, 0) is 19.3 Å². The Labute approximate surface area is 104 Å². The van der Waals surface area contributed by atoms with E-state index >= 15 is 0 Å². The molecule has 0 amide bonds. The number of aromatic nitrogens is 2. The van der Waals surface area contributed by atoms with Crippen molar-refractivity contribution in [2.45, 2.75) is 31.2 Å². The number of hydrogen-bond acceptors (Lipinski definition) is 4. The molecule has 1 aromatic rings. The summed E-state index contributed by atoms with van der Waals surface area (Å²) in [5, 5.41) is 18.5. The van der Waals surface area contributed by atoms with Gasteiger partial charge in [0.1, 0.15) is 11.9 Å². The zero-order valence-electron chi connectivity index (χ0n) is 9.85. The molecule has 0 unspecified atom stereocenters. The fourth-order valence-electron chi connectivity index (χ4n) is 2.65. The van der Waals surface area contributed by atoms with Crippen LogP contribution in [-0.4, -0.2) is 33.8 Å². The second kappa shape index (κ2) is 3.82. The van der Waals surface area contributed by atoms with Crippen molar-refractivity contribution >= 4 is 5.97 Å². The lowest BCUT2D eigenvalue weighted by molar-refractivity contribution is -0.164. The van der Waals surface area contributed by atoms with Crippen LogP contribution in [0.25, 0.3) is 0 Å².